The molecule has 0 amide bonds. The van der Waals surface area contributed by atoms with Gasteiger partial charge in [0.2, 0.25) is 0 Å². The third-order valence-corrected chi connectivity index (χ3v) is 3.22. The molecular formula is C10H20N2. The molecular weight excluding hydrogens is 148 g/mol. The minimum Gasteiger partial charge on any atom is -0.315 e. The van der Waals surface area contributed by atoms with Crippen molar-refractivity contribution in [3.8, 4) is 0 Å². The summed E-state index contributed by atoms with van der Waals surface area (Å²) in [6, 6.07) is 1.68. The van der Waals surface area contributed by atoms with Gasteiger partial charge in [0, 0.05) is 18.6 Å². The van der Waals surface area contributed by atoms with Crippen LogP contribution in [0.25, 0.3) is 0 Å². The Hall–Kier alpha value is -0.0800. The van der Waals surface area contributed by atoms with Crippen LogP contribution in [0.2, 0.25) is 0 Å². The van der Waals surface area contributed by atoms with Gasteiger partial charge in [-0.05, 0) is 45.7 Å². The maximum atomic E-state index is 3.44. The van der Waals surface area contributed by atoms with E-state index in [1.165, 1.54) is 32.2 Å². The van der Waals surface area contributed by atoms with Gasteiger partial charge in [-0.2, -0.15) is 0 Å². The summed E-state index contributed by atoms with van der Waals surface area (Å²) < 4.78 is 0. The van der Waals surface area contributed by atoms with Gasteiger partial charge < -0.3 is 10.2 Å². The van der Waals surface area contributed by atoms with E-state index in [9.17, 15) is 0 Å². The van der Waals surface area contributed by atoms with Crippen LogP contribution in [-0.2, 0) is 0 Å². The van der Waals surface area contributed by atoms with Gasteiger partial charge in [-0.1, -0.05) is 0 Å². The zero-order valence-corrected chi connectivity index (χ0v) is 8.21. The molecule has 0 heterocycles. The van der Waals surface area contributed by atoms with Gasteiger partial charge in [0.1, 0.15) is 0 Å². The zero-order chi connectivity index (χ0) is 8.55. The van der Waals surface area contributed by atoms with E-state index in [0.29, 0.717) is 0 Å². The molecule has 2 aliphatic rings. The second kappa shape index (κ2) is 3.35. The van der Waals surface area contributed by atoms with E-state index in [1.54, 1.807) is 0 Å². The Morgan fingerprint density at radius 3 is 2.42 bits per heavy atom. The highest BCUT2D eigenvalue weighted by Gasteiger charge is 2.34. The summed E-state index contributed by atoms with van der Waals surface area (Å²) in [6.07, 6.45) is 5.75. The second-order valence-corrected chi connectivity index (χ2v) is 4.40. The molecule has 0 aromatic carbocycles. The minimum atomic E-state index is 0.760. The standard InChI is InChI=1S/C10H20N2/c1-11-10(8-3-4-8)7-12(2)9-5-6-9/h8-11H,3-7H2,1-2H3. The Morgan fingerprint density at radius 1 is 1.33 bits per heavy atom. The van der Waals surface area contributed by atoms with Crippen molar-refractivity contribution in [2.45, 2.75) is 37.8 Å². The van der Waals surface area contributed by atoms with Gasteiger partial charge in [-0.25, -0.2) is 0 Å². The van der Waals surface area contributed by atoms with Crippen LogP contribution in [0.1, 0.15) is 25.7 Å². The molecule has 2 rings (SSSR count). The van der Waals surface area contributed by atoms with Crippen molar-refractivity contribution in [3.05, 3.63) is 0 Å². The van der Waals surface area contributed by atoms with Crippen LogP contribution in [0.15, 0.2) is 0 Å². The van der Waals surface area contributed by atoms with Crippen molar-refractivity contribution >= 4 is 0 Å². The van der Waals surface area contributed by atoms with Gasteiger partial charge in [0.25, 0.3) is 0 Å². The van der Waals surface area contributed by atoms with E-state index in [4.69, 9.17) is 0 Å². The summed E-state index contributed by atoms with van der Waals surface area (Å²) in [5.74, 6) is 0.983. The van der Waals surface area contributed by atoms with Crippen molar-refractivity contribution in [2.75, 3.05) is 20.6 Å². The van der Waals surface area contributed by atoms with E-state index in [1.807, 2.05) is 0 Å². The van der Waals surface area contributed by atoms with E-state index >= 15 is 0 Å². The van der Waals surface area contributed by atoms with Crippen LogP contribution in [-0.4, -0.2) is 37.6 Å². The molecule has 70 valence electrons. The van der Waals surface area contributed by atoms with Gasteiger partial charge >= 0.3 is 0 Å². The van der Waals surface area contributed by atoms with Gasteiger partial charge in [-0.3, -0.25) is 0 Å². The third kappa shape index (κ3) is 1.99. The molecule has 2 aliphatic carbocycles. The predicted molar refractivity (Wildman–Crippen MR) is 51.2 cm³/mol. The SMILES string of the molecule is CNC(CN(C)C1CC1)C1CC1. The quantitative estimate of drug-likeness (QED) is 0.661. The highest BCUT2D eigenvalue weighted by atomic mass is 15.2. The molecule has 2 saturated carbocycles. The Bertz CT molecular complexity index is 150. The number of likely N-dealkylation sites (N-methyl/N-ethyl adjacent to an activating group) is 2. The Kier molecular flexibility index (Phi) is 2.37. The molecule has 1 atom stereocenters. The van der Waals surface area contributed by atoms with E-state index in [2.05, 4.69) is 24.3 Å². The lowest BCUT2D eigenvalue weighted by Crippen LogP contribution is -2.40. The molecule has 0 saturated heterocycles. The lowest BCUT2D eigenvalue weighted by molar-refractivity contribution is 0.272. The number of rotatable bonds is 5. The van der Waals surface area contributed by atoms with E-state index in [0.717, 1.165) is 18.0 Å². The van der Waals surface area contributed by atoms with E-state index in [-0.39, 0.29) is 0 Å². The summed E-state index contributed by atoms with van der Waals surface area (Å²) in [5.41, 5.74) is 0. The lowest BCUT2D eigenvalue weighted by atomic mass is 10.2. The minimum absolute atomic E-state index is 0.760. The molecule has 0 aliphatic heterocycles. The summed E-state index contributed by atoms with van der Waals surface area (Å²) in [6.45, 7) is 1.26. The molecule has 0 radical (unpaired) electrons. The first kappa shape index (κ1) is 8.52. The monoisotopic (exact) mass is 168 g/mol. The Labute approximate surface area is 75.3 Å². The molecule has 1 N–H and O–H groups in total. The van der Waals surface area contributed by atoms with Crippen LogP contribution in [0.4, 0.5) is 0 Å². The fourth-order valence-electron chi connectivity index (χ4n) is 1.95. The number of nitrogens with zero attached hydrogens (tertiary/aromatic N) is 1. The van der Waals surface area contributed by atoms with Crippen LogP contribution in [0.3, 0.4) is 0 Å². The highest BCUT2D eigenvalue weighted by molar-refractivity contribution is 4.90. The predicted octanol–water partition coefficient (Wildman–Crippen LogP) is 1.08. The van der Waals surface area contributed by atoms with Crippen LogP contribution in [0, 0.1) is 5.92 Å². The van der Waals surface area contributed by atoms with Crippen LogP contribution < -0.4 is 5.32 Å². The zero-order valence-electron chi connectivity index (χ0n) is 8.21. The summed E-state index contributed by atoms with van der Waals surface area (Å²) >= 11 is 0. The van der Waals surface area contributed by atoms with Crippen molar-refractivity contribution in [2.24, 2.45) is 5.92 Å². The largest absolute Gasteiger partial charge is 0.315 e. The average Bonchev–Trinajstić information content (AvgIpc) is 2.89. The fourth-order valence-corrected chi connectivity index (χ4v) is 1.95. The maximum Gasteiger partial charge on any atom is 0.0220 e. The lowest BCUT2D eigenvalue weighted by Gasteiger charge is -2.23. The molecule has 2 fully saturated rings. The average molecular weight is 168 g/mol. The topological polar surface area (TPSA) is 15.3 Å². The number of nitrogens with one attached hydrogen (secondary N) is 1. The molecule has 12 heavy (non-hydrogen) atoms. The molecule has 0 bridgehead atoms. The second-order valence-electron chi connectivity index (χ2n) is 4.40. The van der Waals surface area contributed by atoms with E-state index < -0.39 is 0 Å². The van der Waals surface area contributed by atoms with Gasteiger partial charge in [-0.15, -0.1) is 0 Å². The molecule has 0 aromatic heterocycles. The first-order chi connectivity index (χ1) is 5.81. The molecule has 2 heteroatoms. The molecule has 0 aromatic rings. The van der Waals surface area contributed by atoms with Crippen LogP contribution >= 0.6 is 0 Å². The Balaban J connectivity index is 1.73. The maximum absolute atomic E-state index is 3.44. The first-order valence-corrected chi connectivity index (χ1v) is 5.18. The molecule has 1 unspecified atom stereocenters. The van der Waals surface area contributed by atoms with Gasteiger partial charge in [0.05, 0.1) is 0 Å². The third-order valence-electron chi connectivity index (χ3n) is 3.22. The summed E-state index contributed by atoms with van der Waals surface area (Å²) in [7, 11) is 4.37. The first-order valence-electron chi connectivity index (χ1n) is 5.18. The molecule has 0 spiro atoms. The number of hydrogen-bond acceptors (Lipinski definition) is 2. The van der Waals surface area contributed by atoms with Crippen molar-refractivity contribution in [1.29, 1.82) is 0 Å². The highest BCUT2D eigenvalue weighted by Crippen LogP contribution is 2.34. The summed E-state index contributed by atoms with van der Waals surface area (Å²) in [5, 5.41) is 3.44. The van der Waals surface area contributed by atoms with Crippen molar-refractivity contribution < 1.29 is 0 Å². The fraction of sp³-hybridized carbons (Fsp3) is 1.00. The normalized spacial score (nSPS) is 26.2. The Morgan fingerprint density at radius 2 is 2.00 bits per heavy atom. The number of hydrogen-bond donors (Lipinski definition) is 1. The summed E-state index contributed by atoms with van der Waals surface area (Å²) in [4.78, 5) is 2.53. The van der Waals surface area contributed by atoms with Crippen molar-refractivity contribution in [3.63, 3.8) is 0 Å². The van der Waals surface area contributed by atoms with Crippen LogP contribution in [0.5, 0.6) is 0 Å². The van der Waals surface area contributed by atoms with Gasteiger partial charge in [0.15, 0.2) is 0 Å². The molecule has 2 nitrogen and oxygen atoms in total. The van der Waals surface area contributed by atoms with Crippen molar-refractivity contribution in [1.82, 2.24) is 10.2 Å². The smallest absolute Gasteiger partial charge is 0.0220 e.